The van der Waals surface area contributed by atoms with Crippen molar-refractivity contribution in [1.29, 1.82) is 0 Å². The lowest BCUT2D eigenvalue weighted by atomic mass is 10.1. The lowest BCUT2D eigenvalue weighted by Crippen LogP contribution is -2.09. The second-order valence-corrected chi connectivity index (χ2v) is 4.56. The topological polar surface area (TPSA) is 37.8 Å². The van der Waals surface area contributed by atoms with E-state index in [9.17, 15) is 4.39 Å². The first-order valence-corrected chi connectivity index (χ1v) is 5.94. The second-order valence-electron chi connectivity index (χ2n) is 3.65. The molecule has 0 aliphatic heterocycles. The Labute approximate surface area is 107 Å². The third-order valence-corrected chi connectivity index (χ3v) is 2.72. The number of aromatic nitrogens is 2. The van der Waals surface area contributed by atoms with Crippen LogP contribution in [0.15, 0.2) is 41.1 Å². The van der Waals surface area contributed by atoms with E-state index in [0.717, 1.165) is 10.0 Å². The number of nitrogens with one attached hydrogen (secondary N) is 1. The monoisotopic (exact) mass is 295 g/mol. The molecule has 17 heavy (non-hydrogen) atoms. The Bertz CT molecular complexity index is 501. The zero-order chi connectivity index (χ0) is 12.3. The largest absolute Gasteiger partial charge is 0.348 e. The van der Waals surface area contributed by atoms with Gasteiger partial charge in [-0.1, -0.05) is 12.1 Å². The van der Waals surface area contributed by atoms with Gasteiger partial charge in [0.2, 0.25) is 5.95 Å². The van der Waals surface area contributed by atoms with E-state index in [-0.39, 0.29) is 11.9 Å². The molecule has 0 bridgehead atoms. The number of anilines is 1. The molecule has 88 valence electrons. The predicted molar refractivity (Wildman–Crippen MR) is 68.2 cm³/mol. The summed E-state index contributed by atoms with van der Waals surface area (Å²) in [6.45, 7) is 1.93. The molecule has 0 saturated heterocycles. The molecule has 0 fully saturated rings. The van der Waals surface area contributed by atoms with Crippen LogP contribution in [-0.4, -0.2) is 9.97 Å². The van der Waals surface area contributed by atoms with Crippen LogP contribution in [0, 0.1) is 5.82 Å². The predicted octanol–water partition coefficient (Wildman–Crippen LogP) is 3.55. The van der Waals surface area contributed by atoms with Gasteiger partial charge >= 0.3 is 0 Å². The van der Waals surface area contributed by atoms with E-state index in [1.165, 1.54) is 12.1 Å². The second kappa shape index (κ2) is 5.23. The molecule has 1 heterocycles. The Hall–Kier alpha value is -1.49. The summed E-state index contributed by atoms with van der Waals surface area (Å²) in [5.74, 6) is 0.276. The molecule has 1 aromatic carbocycles. The van der Waals surface area contributed by atoms with Gasteiger partial charge in [-0.2, -0.15) is 0 Å². The van der Waals surface area contributed by atoms with Crippen molar-refractivity contribution < 1.29 is 4.39 Å². The quantitative estimate of drug-likeness (QED) is 0.941. The van der Waals surface area contributed by atoms with Gasteiger partial charge < -0.3 is 5.32 Å². The molecule has 1 atom stereocenters. The van der Waals surface area contributed by atoms with E-state index in [1.54, 1.807) is 18.5 Å². The van der Waals surface area contributed by atoms with E-state index in [1.807, 2.05) is 13.0 Å². The molecule has 0 radical (unpaired) electrons. The molecular weight excluding hydrogens is 285 g/mol. The standard InChI is InChI=1S/C12H11BrFN3/c1-8(9-3-2-4-11(14)5-9)17-12-15-6-10(13)7-16-12/h2-8H,1H3,(H,15,16,17). The van der Waals surface area contributed by atoms with Crippen LogP contribution in [0.4, 0.5) is 10.3 Å². The van der Waals surface area contributed by atoms with Gasteiger partial charge in [0.25, 0.3) is 0 Å². The highest BCUT2D eigenvalue weighted by Gasteiger charge is 2.07. The van der Waals surface area contributed by atoms with Crippen molar-refractivity contribution in [2.75, 3.05) is 5.32 Å². The van der Waals surface area contributed by atoms with E-state index in [4.69, 9.17) is 0 Å². The number of benzene rings is 1. The average Bonchev–Trinajstić information content (AvgIpc) is 2.32. The first-order chi connectivity index (χ1) is 8.15. The van der Waals surface area contributed by atoms with Gasteiger partial charge in [-0.05, 0) is 40.5 Å². The molecule has 3 nitrogen and oxygen atoms in total. The van der Waals surface area contributed by atoms with Gasteiger partial charge in [0.15, 0.2) is 0 Å². The Morgan fingerprint density at radius 1 is 1.29 bits per heavy atom. The average molecular weight is 296 g/mol. The highest BCUT2D eigenvalue weighted by atomic mass is 79.9. The SMILES string of the molecule is CC(Nc1ncc(Br)cn1)c1cccc(F)c1. The Kier molecular flexibility index (Phi) is 3.68. The minimum absolute atomic E-state index is 0.0492. The molecule has 1 unspecified atom stereocenters. The molecule has 0 amide bonds. The fourth-order valence-corrected chi connectivity index (χ4v) is 1.64. The van der Waals surface area contributed by atoms with E-state index in [0.29, 0.717) is 5.95 Å². The van der Waals surface area contributed by atoms with Crippen LogP contribution in [0.1, 0.15) is 18.5 Å². The van der Waals surface area contributed by atoms with Crippen molar-refractivity contribution in [2.24, 2.45) is 0 Å². The van der Waals surface area contributed by atoms with Crippen LogP contribution in [0.5, 0.6) is 0 Å². The molecule has 1 aromatic heterocycles. The molecule has 1 N–H and O–H groups in total. The molecule has 0 spiro atoms. The smallest absolute Gasteiger partial charge is 0.223 e. The lowest BCUT2D eigenvalue weighted by molar-refractivity contribution is 0.623. The van der Waals surface area contributed by atoms with Crippen molar-refractivity contribution >= 4 is 21.9 Å². The maximum Gasteiger partial charge on any atom is 0.223 e. The summed E-state index contributed by atoms with van der Waals surface area (Å²) >= 11 is 3.26. The van der Waals surface area contributed by atoms with Crippen molar-refractivity contribution in [2.45, 2.75) is 13.0 Å². The number of halogens is 2. The van der Waals surface area contributed by atoms with Crippen molar-refractivity contribution in [3.05, 3.63) is 52.5 Å². The van der Waals surface area contributed by atoms with Gasteiger partial charge in [0.05, 0.1) is 10.5 Å². The zero-order valence-corrected chi connectivity index (χ0v) is 10.8. The first kappa shape index (κ1) is 12.0. The normalized spacial score (nSPS) is 12.2. The third-order valence-electron chi connectivity index (χ3n) is 2.31. The number of hydrogen-bond acceptors (Lipinski definition) is 3. The lowest BCUT2D eigenvalue weighted by Gasteiger charge is -2.13. The van der Waals surface area contributed by atoms with Crippen molar-refractivity contribution in [3.63, 3.8) is 0 Å². The van der Waals surface area contributed by atoms with E-state index < -0.39 is 0 Å². The molecule has 0 aliphatic rings. The van der Waals surface area contributed by atoms with E-state index >= 15 is 0 Å². The highest BCUT2D eigenvalue weighted by Crippen LogP contribution is 2.17. The third kappa shape index (κ3) is 3.23. The maximum absolute atomic E-state index is 13.1. The van der Waals surface area contributed by atoms with Crippen LogP contribution in [0.2, 0.25) is 0 Å². The maximum atomic E-state index is 13.1. The molecule has 5 heteroatoms. The minimum atomic E-state index is -0.243. The van der Waals surface area contributed by atoms with Gasteiger partial charge in [-0.25, -0.2) is 14.4 Å². The van der Waals surface area contributed by atoms with E-state index in [2.05, 4.69) is 31.2 Å². The van der Waals surface area contributed by atoms with Crippen molar-refractivity contribution in [3.8, 4) is 0 Å². The summed E-state index contributed by atoms with van der Waals surface area (Å²) in [5, 5.41) is 3.10. The summed E-state index contributed by atoms with van der Waals surface area (Å²) in [6.07, 6.45) is 3.32. The van der Waals surface area contributed by atoms with Gasteiger partial charge in [-0.15, -0.1) is 0 Å². The zero-order valence-electron chi connectivity index (χ0n) is 9.19. The Morgan fingerprint density at radius 2 is 2.00 bits per heavy atom. The Balaban J connectivity index is 2.11. The summed E-state index contributed by atoms with van der Waals surface area (Å²) in [6, 6.07) is 6.42. The molecule has 0 saturated carbocycles. The fourth-order valence-electron chi connectivity index (χ4n) is 1.44. The van der Waals surface area contributed by atoms with Crippen LogP contribution < -0.4 is 5.32 Å². The molecule has 2 rings (SSSR count). The number of rotatable bonds is 3. The van der Waals surface area contributed by atoms with Crippen LogP contribution in [0.3, 0.4) is 0 Å². The van der Waals surface area contributed by atoms with Crippen LogP contribution in [-0.2, 0) is 0 Å². The van der Waals surface area contributed by atoms with Gasteiger partial charge in [0.1, 0.15) is 5.82 Å². The number of hydrogen-bond donors (Lipinski definition) is 1. The minimum Gasteiger partial charge on any atom is -0.348 e. The summed E-state index contributed by atoms with van der Waals surface area (Å²) < 4.78 is 13.9. The first-order valence-electron chi connectivity index (χ1n) is 5.14. The summed E-state index contributed by atoms with van der Waals surface area (Å²) in [7, 11) is 0. The van der Waals surface area contributed by atoms with Crippen molar-refractivity contribution in [1.82, 2.24) is 9.97 Å². The molecular formula is C12H11BrFN3. The summed E-state index contributed by atoms with van der Waals surface area (Å²) in [4.78, 5) is 8.21. The molecule has 0 aliphatic carbocycles. The highest BCUT2D eigenvalue weighted by molar-refractivity contribution is 9.10. The number of nitrogens with zero attached hydrogens (tertiary/aromatic N) is 2. The van der Waals surface area contributed by atoms with Gasteiger partial charge in [0, 0.05) is 12.4 Å². The van der Waals surface area contributed by atoms with Crippen LogP contribution in [0.25, 0.3) is 0 Å². The van der Waals surface area contributed by atoms with Crippen LogP contribution >= 0.6 is 15.9 Å². The summed E-state index contributed by atoms with van der Waals surface area (Å²) in [5.41, 5.74) is 0.858. The fraction of sp³-hybridized carbons (Fsp3) is 0.167. The Morgan fingerprint density at radius 3 is 2.65 bits per heavy atom. The molecule has 2 aromatic rings. The van der Waals surface area contributed by atoms with Gasteiger partial charge in [-0.3, -0.25) is 0 Å².